The molecule has 0 aliphatic heterocycles. The molecule has 2 atom stereocenters. The van der Waals surface area contributed by atoms with E-state index in [1.165, 1.54) is 0 Å². The van der Waals surface area contributed by atoms with Crippen LogP contribution in [0.2, 0.25) is 0 Å². The molecule has 0 spiro atoms. The minimum atomic E-state index is -0.273. The van der Waals surface area contributed by atoms with Crippen molar-refractivity contribution in [2.75, 3.05) is 19.8 Å². The predicted octanol–water partition coefficient (Wildman–Crippen LogP) is 0.358. The molecule has 0 amide bonds. The van der Waals surface area contributed by atoms with E-state index in [1.807, 2.05) is 6.92 Å². The molecule has 4 N–H and O–H groups in total. The van der Waals surface area contributed by atoms with Crippen molar-refractivity contribution in [3.8, 4) is 0 Å². The lowest BCUT2D eigenvalue weighted by atomic mass is 9.76. The maximum atomic E-state index is 9.80. The lowest BCUT2D eigenvalue weighted by molar-refractivity contribution is 0.193. The predicted molar refractivity (Wildman–Crippen MR) is 56.3 cm³/mol. The van der Waals surface area contributed by atoms with E-state index in [0.29, 0.717) is 11.1 Å². The van der Waals surface area contributed by atoms with E-state index in [-0.39, 0.29) is 37.4 Å². The van der Waals surface area contributed by atoms with Gasteiger partial charge in [-0.25, -0.2) is 0 Å². The Bertz CT molecular complexity index is 304. The highest BCUT2D eigenvalue weighted by Crippen LogP contribution is 2.37. The summed E-state index contributed by atoms with van der Waals surface area (Å²) in [6.45, 7) is 3.06. The van der Waals surface area contributed by atoms with Crippen molar-refractivity contribution < 1.29 is 20.4 Å². The molecule has 0 aromatic heterocycles. The van der Waals surface area contributed by atoms with Crippen LogP contribution in [-0.2, 0) is 0 Å². The van der Waals surface area contributed by atoms with Crippen LogP contribution >= 0.6 is 0 Å². The summed E-state index contributed by atoms with van der Waals surface area (Å²) in [6, 6.07) is 0. The van der Waals surface area contributed by atoms with Crippen LogP contribution in [0.3, 0.4) is 0 Å². The topological polar surface area (TPSA) is 80.9 Å². The molecule has 2 unspecified atom stereocenters. The summed E-state index contributed by atoms with van der Waals surface area (Å²) in [6.07, 6.45) is 0. The highest BCUT2D eigenvalue weighted by atomic mass is 16.3. The second-order valence-corrected chi connectivity index (χ2v) is 3.93. The molecular weight excluding hydrogens is 196 g/mol. The first-order valence-corrected chi connectivity index (χ1v) is 5.03. The maximum absolute atomic E-state index is 9.80. The van der Waals surface area contributed by atoms with E-state index < -0.39 is 0 Å². The summed E-state index contributed by atoms with van der Waals surface area (Å²) in [5, 5.41) is 37.3. The molecule has 1 aliphatic rings. The van der Waals surface area contributed by atoms with E-state index in [0.717, 1.165) is 5.57 Å². The third kappa shape index (κ3) is 1.93. The first kappa shape index (κ1) is 12.2. The van der Waals surface area contributed by atoms with E-state index >= 15 is 0 Å². The molecule has 86 valence electrons. The molecule has 0 fully saturated rings. The molecule has 0 radical (unpaired) electrons. The number of hydrogen-bond acceptors (Lipinski definition) is 4. The van der Waals surface area contributed by atoms with Gasteiger partial charge in [0.05, 0.1) is 19.8 Å². The van der Waals surface area contributed by atoms with Crippen molar-refractivity contribution in [3.05, 3.63) is 22.5 Å². The average molecular weight is 214 g/mol. The average Bonchev–Trinajstić information content (AvgIpc) is 2.19. The lowest BCUT2D eigenvalue weighted by Gasteiger charge is -2.32. The van der Waals surface area contributed by atoms with Crippen molar-refractivity contribution in [1.82, 2.24) is 0 Å². The van der Waals surface area contributed by atoms with Gasteiger partial charge in [-0.15, -0.1) is 0 Å². The minimum Gasteiger partial charge on any atom is -0.508 e. The fourth-order valence-corrected chi connectivity index (χ4v) is 2.15. The zero-order valence-corrected chi connectivity index (χ0v) is 9.06. The van der Waals surface area contributed by atoms with E-state index in [9.17, 15) is 10.2 Å². The molecule has 4 nitrogen and oxygen atoms in total. The molecule has 4 heteroatoms. The second kappa shape index (κ2) is 4.79. The normalized spacial score (nSPS) is 27.5. The Labute approximate surface area is 89.2 Å². The number of aliphatic hydroxyl groups is 4. The third-order valence-electron chi connectivity index (χ3n) is 3.30. The molecule has 0 aromatic rings. The van der Waals surface area contributed by atoms with Gasteiger partial charge in [-0.05, 0) is 12.8 Å². The quantitative estimate of drug-likeness (QED) is 0.546. The molecule has 0 aromatic carbocycles. The van der Waals surface area contributed by atoms with Gasteiger partial charge >= 0.3 is 0 Å². The van der Waals surface area contributed by atoms with Gasteiger partial charge in [0.1, 0.15) is 5.76 Å². The highest BCUT2D eigenvalue weighted by Gasteiger charge is 2.31. The number of aliphatic hydroxyl groups excluding tert-OH is 4. The second-order valence-electron chi connectivity index (χ2n) is 3.93. The molecule has 0 bridgehead atoms. The van der Waals surface area contributed by atoms with Crippen LogP contribution in [0, 0.1) is 11.8 Å². The van der Waals surface area contributed by atoms with Crippen molar-refractivity contribution in [2.45, 2.75) is 13.8 Å². The lowest BCUT2D eigenvalue weighted by Crippen LogP contribution is -2.28. The van der Waals surface area contributed by atoms with Crippen LogP contribution in [0.1, 0.15) is 13.8 Å². The van der Waals surface area contributed by atoms with Crippen LogP contribution in [0.5, 0.6) is 0 Å². The maximum Gasteiger partial charge on any atom is 0.122 e. The Morgan fingerprint density at radius 1 is 1.13 bits per heavy atom. The Balaban J connectivity index is 3.22. The molecule has 1 aliphatic carbocycles. The first-order chi connectivity index (χ1) is 7.08. The van der Waals surface area contributed by atoms with Crippen LogP contribution in [0.4, 0.5) is 0 Å². The van der Waals surface area contributed by atoms with Gasteiger partial charge in [0, 0.05) is 17.1 Å². The molecule has 15 heavy (non-hydrogen) atoms. The Morgan fingerprint density at radius 3 is 2.13 bits per heavy atom. The van der Waals surface area contributed by atoms with Crippen LogP contribution in [0.25, 0.3) is 0 Å². The third-order valence-corrected chi connectivity index (χ3v) is 3.30. The van der Waals surface area contributed by atoms with Gasteiger partial charge in [0.15, 0.2) is 0 Å². The summed E-state index contributed by atoms with van der Waals surface area (Å²) < 4.78 is 0. The fourth-order valence-electron chi connectivity index (χ4n) is 2.15. The first-order valence-electron chi connectivity index (χ1n) is 5.03. The van der Waals surface area contributed by atoms with E-state index in [4.69, 9.17) is 10.2 Å². The van der Waals surface area contributed by atoms with Gasteiger partial charge in [0.2, 0.25) is 0 Å². The fraction of sp³-hybridized carbons (Fsp3) is 0.636. The largest absolute Gasteiger partial charge is 0.508 e. The molecular formula is C11H18O4. The van der Waals surface area contributed by atoms with Crippen LogP contribution in [0.15, 0.2) is 22.5 Å². The van der Waals surface area contributed by atoms with Crippen molar-refractivity contribution in [2.24, 2.45) is 11.8 Å². The number of rotatable bonds is 3. The van der Waals surface area contributed by atoms with Crippen LogP contribution in [-0.4, -0.2) is 40.2 Å². The minimum absolute atomic E-state index is 0.0188. The van der Waals surface area contributed by atoms with Crippen molar-refractivity contribution in [1.29, 1.82) is 0 Å². The van der Waals surface area contributed by atoms with Gasteiger partial charge in [0.25, 0.3) is 0 Å². The monoisotopic (exact) mass is 214 g/mol. The molecule has 0 saturated heterocycles. The van der Waals surface area contributed by atoms with Crippen molar-refractivity contribution >= 4 is 0 Å². The highest BCUT2D eigenvalue weighted by molar-refractivity contribution is 5.41. The zero-order chi connectivity index (χ0) is 11.6. The van der Waals surface area contributed by atoms with E-state index in [1.54, 1.807) is 6.92 Å². The van der Waals surface area contributed by atoms with Crippen molar-refractivity contribution in [3.63, 3.8) is 0 Å². The summed E-state index contributed by atoms with van der Waals surface area (Å²) in [5.74, 6) is -0.254. The summed E-state index contributed by atoms with van der Waals surface area (Å²) in [5.41, 5.74) is 1.71. The SMILES string of the molecule is CC1=C(CO)C(O)=C(CO)C(C)C1CO. The Hall–Kier alpha value is -0.840. The van der Waals surface area contributed by atoms with Gasteiger partial charge < -0.3 is 20.4 Å². The Morgan fingerprint density at radius 2 is 1.73 bits per heavy atom. The van der Waals surface area contributed by atoms with Gasteiger partial charge in [-0.2, -0.15) is 0 Å². The molecule has 1 rings (SSSR count). The zero-order valence-electron chi connectivity index (χ0n) is 9.06. The standard InChI is InChI=1S/C11H18O4/c1-6-8(3-12)7(2)10(5-14)11(15)9(6)4-13/h6,8,12-15H,3-5H2,1-2H3. The number of hydrogen-bond donors (Lipinski definition) is 4. The van der Waals surface area contributed by atoms with E-state index in [2.05, 4.69) is 0 Å². The summed E-state index contributed by atoms with van der Waals surface area (Å²) in [4.78, 5) is 0. The molecule has 0 saturated carbocycles. The summed E-state index contributed by atoms with van der Waals surface area (Å²) in [7, 11) is 0. The smallest absolute Gasteiger partial charge is 0.122 e. The Kier molecular flexibility index (Phi) is 3.90. The molecule has 0 heterocycles. The van der Waals surface area contributed by atoms with Gasteiger partial charge in [-0.3, -0.25) is 0 Å². The summed E-state index contributed by atoms with van der Waals surface area (Å²) >= 11 is 0. The van der Waals surface area contributed by atoms with Crippen LogP contribution < -0.4 is 0 Å². The van der Waals surface area contributed by atoms with Gasteiger partial charge in [-0.1, -0.05) is 12.5 Å².